The molecule has 4 aliphatic rings. The molecule has 0 aromatic rings. The van der Waals surface area contributed by atoms with Crippen molar-refractivity contribution in [3.63, 3.8) is 0 Å². The van der Waals surface area contributed by atoms with Crippen molar-refractivity contribution in [2.45, 2.75) is 110 Å². The van der Waals surface area contributed by atoms with Crippen LogP contribution in [-0.2, 0) is 0 Å². The maximum atomic E-state index is 10.6. The van der Waals surface area contributed by atoms with Crippen LogP contribution in [0.1, 0.15) is 98.3 Å². The van der Waals surface area contributed by atoms with Gasteiger partial charge in [-0.1, -0.05) is 38.3 Å². The second-order valence-corrected chi connectivity index (χ2v) is 12.5. The fourth-order valence-electron chi connectivity index (χ4n) is 8.77. The van der Waals surface area contributed by atoms with Gasteiger partial charge >= 0.3 is 0 Å². The topological polar surface area (TPSA) is 60.7 Å². The van der Waals surface area contributed by atoms with Crippen LogP contribution in [0.4, 0.5) is 0 Å². The maximum absolute atomic E-state index is 10.6. The van der Waals surface area contributed by atoms with Gasteiger partial charge < -0.3 is 15.3 Å². The Morgan fingerprint density at radius 3 is 2.60 bits per heavy atom. The Morgan fingerprint density at radius 1 is 1.13 bits per heavy atom. The average Bonchev–Trinajstić information content (AvgIpc) is 3.04. The van der Waals surface area contributed by atoms with Gasteiger partial charge in [0, 0.05) is 5.41 Å². The summed E-state index contributed by atoms with van der Waals surface area (Å²) in [6.45, 7) is 9.18. The van der Waals surface area contributed by atoms with Gasteiger partial charge in [0.05, 0.1) is 18.3 Å². The number of hydrogen-bond donors (Lipinski definition) is 3. The van der Waals surface area contributed by atoms with Crippen molar-refractivity contribution in [2.75, 3.05) is 6.61 Å². The minimum atomic E-state index is -0.543. The Kier molecular flexibility index (Phi) is 6.23. The third-order valence-corrected chi connectivity index (χ3v) is 10.3. The predicted octanol–water partition coefficient (Wildman–Crippen LogP) is 5.48. The number of aliphatic hydroxyl groups is 3. The smallest absolute Gasteiger partial charge is 0.0591 e. The summed E-state index contributed by atoms with van der Waals surface area (Å²) in [5.41, 5.74) is 1.23. The minimum Gasteiger partial charge on any atom is -0.395 e. The Morgan fingerprint density at radius 2 is 1.90 bits per heavy atom. The highest BCUT2D eigenvalue weighted by molar-refractivity contribution is 5.26. The zero-order valence-electron chi connectivity index (χ0n) is 19.9. The molecule has 4 aliphatic carbocycles. The molecule has 1 unspecified atom stereocenters. The molecule has 0 saturated heterocycles. The molecule has 172 valence electrons. The largest absolute Gasteiger partial charge is 0.395 e. The van der Waals surface area contributed by atoms with Gasteiger partial charge in [-0.05, 0) is 107 Å². The first-order valence-electron chi connectivity index (χ1n) is 12.8. The molecule has 0 amide bonds. The number of aliphatic hydroxyl groups excluding tert-OH is 2. The van der Waals surface area contributed by atoms with Crippen molar-refractivity contribution in [1.29, 1.82) is 0 Å². The lowest BCUT2D eigenvalue weighted by Crippen LogP contribution is -2.53. The summed E-state index contributed by atoms with van der Waals surface area (Å²) in [7, 11) is 0. The first kappa shape index (κ1) is 22.8. The average molecular weight is 419 g/mol. The molecule has 3 N–H and O–H groups in total. The van der Waals surface area contributed by atoms with Crippen molar-refractivity contribution < 1.29 is 15.3 Å². The van der Waals surface area contributed by atoms with Crippen molar-refractivity contribution >= 4 is 0 Å². The minimum absolute atomic E-state index is 0.0418. The Labute approximate surface area is 184 Å². The van der Waals surface area contributed by atoms with Crippen molar-refractivity contribution in [3.8, 4) is 0 Å². The summed E-state index contributed by atoms with van der Waals surface area (Å²) in [6, 6.07) is 0. The quantitative estimate of drug-likeness (QED) is 0.501. The Bertz CT molecular complexity index is 649. The van der Waals surface area contributed by atoms with E-state index >= 15 is 0 Å². The first-order chi connectivity index (χ1) is 14.1. The zero-order chi connectivity index (χ0) is 21.7. The number of hydrogen-bond acceptors (Lipinski definition) is 3. The Hall–Kier alpha value is -0.380. The molecule has 0 aliphatic heterocycles. The molecule has 8 atom stereocenters. The molecule has 0 aromatic heterocycles. The van der Waals surface area contributed by atoms with Crippen LogP contribution in [0.5, 0.6) is 0 Å². The van der Waals surface area contributed by atoms with Crippen LogP contribution in [0.25, 0.3) is 0 Å². The van der Waals surface area contributed by atoms with Gasteiger partial charge in [-0.15, -0.1) is 0 Å². The van der Waals surface area contributed by atoms with Crippen molar-refractivity contribution in [3.05, 3.63) is 11.6 Å². The van der Waals surface area contributed by atoms with Gasteiger partial charge in [0.15, 0.2) is 0 Å². The van der Waals surface area contributed by atoms with Crippen LogP contribution >= 0.6 is 0 Å². The molecule has 3 saturated carbocycles. The molecule has 3 heteroatoms. The first-order valence-corrected chi connectivity index (χ1v) is 12.8. The molecule has 0 radical (unpaired) electrons. The lowest BCUT2D eigenvalue weighted by Gasteiger charge is -2.59. The normalized spacial score (nSPS) is 44.6. The van der Waals surface area contributed by atoms with E-state index in [2.05, 4.69) is 19.9 Å². The fraction of sp³-hybridized carbons (Fsp3) is 0.926. The van der Waals surface area contributed by atoms with Crippen LogP contribution < -0.4 is 0 Å². The number of allylic oxidation sites excluding steroid dienone is 1. The molecule has 0 heterocycles. The maximum Gasteiger partial charge on any atom is 0.0591 e. The third kappa shape index (κ3) is 3.82. The zero-order valence-corrected chi connectivity index (χ0v) is 19.9. The van der Waals surface area contributed by atoms with Crippen LogP contribution in [0.2, 0.25) is 0 Å². The van der Waals surface area contributed by atoms with Gasteiger partial charge in [-0.2, -0.15) is 0 Å². The second kappa shape index (κ2) is 8.19. The van der Waals surface area contributed by atoms with E-state index in [0.717, 1.165) is 56.3 Å². The van der Waals surface area contributed by atoms with Gasteiger partial charge in [-0.25, -0.2) is 0 Å². The van der Waals surface area contributed by atoms with Crippen LogP contribution in [0.3, 0.4) is 0 Å². The molecule has 0 aromatic carbocycles. The van der Waals surface area contributed by atoms with Gasteiger partial charge in [-0.3, -0.25) is 0 Å². The number of fused-ring (bicyclic) bond motifs is 5. The summed E-state index contributed by atoms with van der Waals surface area (Å²) < 4.78 is 0. The Balaban J connectivity index is 1.50. The highest BCUT2D eigenvalue weighted by Crippen LogP contribution is 2.67. The lowest BCUT2D eigenvalue weighted by molar-refractivity contribution is -0.0797. The van der Waals surface area contributed by atoms with Crippen LogP contribution in [0, 0.1) is 40.4 Å². The fourth-order valence-corrected chi connectivity index (χ4v) is 8.77. The molecule has 0 bridgehead atoms. The van der Waals surface area contributed by atoms with E-state index in [0.29, 0.717) is 17.3 Å². The molecule has 4 rings (SSSR count). The molecular weight excluding hydrogens is 372 g/mol. The highest BCUT2D eigenvalue weighted by Gasteiger charge is 2.60. The molecule has 0 spiro atoms. The van der Waals surface area contributed by atoms with E-state index in [1.54, 1.807) is 0 Å². The van der Waals surface area contributed by atoms with Crippen molar-refractivity contribution in [2.24, 2.45) is 40.4 Å². The summed E-state index contributed by atoms with van der Waals surface area (Å²) in [5, 5.41) is 30.9. The number of rotatable bonds is 6. The van der Waals surface area contributed by atoms with Crippen molar-refractivity contribution in [1.82, 2.24) is 0 Å². The van der Waals surface area contributed by atoms with E-state index in [1.807, 2.05) is 13.8 Å². The summed E-state index contributed by atoms with van der Waals surface area (Å²) in [6.07, 6.45) is 14.5. The van der Waals surface area contributed by atoms with Gasteiger partial charge in [0.1, 0.15) is 0 Å². The van der Waals surface area contributed by atoms with E-state index < -0.39 is 5.60 Å². The van der Waals surface area contributed by atoms with Crippen LogP contribution in [0.15, 0.2) is 11.6 Å². The summed E-state index contributed by atoms with van der Waals surface area (Å²) >= 11 is 0. The summed E-state index contributed by atoms with van der Waals surface area (Å²) in [5.74, 6) is 3.63. The highest BCUT2D eigenvalue weighted by atomic mass is 16.3. The molecule has 3 nitrogen and oxygen atoms in total. The summed E-state index contributed by atoms with van der Waals surface area (Å²) in [4.78, 5) is 0. The lowest BCUT2D eigenvalue weighted by atomic mass is 9.46. The second-order valence-electron chi connectivity index (χ2n) is 12.5. The molecule has 3 fully saturated rings. The molecule has 30 heavy (non-hydrogen) atoms. The van der Waals surface area contributed by atoms with E-state index in [9.17, 15) is 15.3 Å². The van der Waals surface area contributed by atoms with E-state index in [-0.39, 0.29) is 18.1 Å². The standard InChI is InChI=1S/C27H46O3/c1-18(6-5-13-25(2,3)30)22-9-10-23-21-8-7-19-16-20(29)11-15-27(19,17-28)24(21)12-14-26(22,23)4/h7,18,20-24,28-30H,5-6,8-17H2,1-4H3/t18?,20-,21-,22+,23-,24-,26+,27+/m0/s1. The van der Waals surface area contributed by atoms with E-state index in [4.69, 9.17) is 0 Å². The monoisotopic (exact) mass is 418 g/mol. The van der Waals surface area contributed by atoms with Crippen LogP contribution in [-0.4, -0.2) is 33.6 Å². The van der Waals surface area contributed by atoms with Gasteiger partial charge in [0.2, 0.25) is 0 Å². The predicted molar refractivity (Wildman–Crippen MR) is 122 cm³/mol. The van der Waals surface area contributed by atoms with E-state index in [1.165, 1.54) is 37.7 Å². The molecular formula is C27H46O3. The van der Waals surface area contributed by atoms with Gasteiger partial charge in [0.25, 0.3) is 0 Å². The SMILES string of the molecule is CC(CCCC(C)(C)O)[C@H]1CC[C@H]2[C@@H]3CC=C4C[C@@H](O)CC[C@]4(CO)[C@H]3CC[C@]12C. The third-order valence-electron chi connectivity index (χ3n) is 10.3.